The molecule has 0 aliphatic heterocycles. The molecule has 1 aliphatic rings. The average molecular weight is 283 g/mol. The Kier molecular flexibility index (Phi) is 4.66. The van der Waals surface area contributed by atoms with Crippen LogP contribution in [0.5, 0.6) is 5.75 Å². The van der Waals surface area contributed by atoms with Crippen LogP contribution in [-0.4, -0.2) is 18.6 Å². The van der Waals surface area contributed by atoms with E-state index < -0.39 is 0 Å². The smallest absolute Gasteiger partial charge is 0.227 e. The second kappa shape index (κ2) is 6.26. The highest BCUT2D eigenvalue weighted by Crippen LogP contribution is 2.30. The lowest BCUT2D eigenvalue weighted by atomic mass is 10.1. The quantitative estimate of drug-likeness (QED) is 0.892. The molecule has 5 heteroatoms. The lowest BCUT2D eigenvalue weighted by Crippen LogP contribution is -2.23. The fourth-order valence-corrected chi connectivity index (χ4v) is 2.54. The van der Waals surface area contributed by atoms with Crippen molar-refractivity contribution in [1.82, 2.24) is 0 Å². The van der Waals surface area contributed by atoms with Gasteiger partial charge in [0.25, 0.3) is 0 Å². The zero-order valence-electron chi connectivity index (χ0n) is 11.0. The molecule has 0 aromatic heterocycles. The summed E-state index contributed by atoms with van der Waals surface area (Å²) in [6.07, 6.45) is 2.50. The Balaban J connectivity index is 2.09. The first kappa shape index (κ1) is 14.2. The van der Waals surface area contributed by atoms with Gasteiger partial charge in [0.15, 0.2) is 0 Å². The molecule has 1 aliphatic carbocycles. The maximum Gasteiger partial charge on any atom is 0.227 e. The van der Waals surface area contributed by atoms with Gasteiger partial charge in [0.1, 0.15) is 5.75 Å². The number of carbonyl (C=O) groups is 1. The van der Waals surface area contributed by atoms with E-state index in [4.69, 9.17) is 22.1 Å². The third-order valence-electron chi connectivity index (χ3n) is 3.34. The largest absolute Gasteiger partial charge is 0.492 e. The minimum Gasteiger partial charge on any atom is -0.492 e. The van der Waals surface area contributed by atoms with Crippen molar-refractivity contribution in [2.75, 3.05) is 11.9 Å². The molecular weight excluding hydrogens is 264 g/mol. The van der Waals surface area contributed by atoms with Crippen LogP contribution in [0.4, 0.5) is 5.69 Å². The Hall–Kier alpha value is -1.26. The number of anilines is 1. The molecule has 2 unspecified atom stereocenters. The van der Waals surface area contributed by atoms with E-state index in [0.717, 1.165) is 19.3 Å². The van der Waals surface area contributed by atoms with E-state index in [1.807, 2.05) is 6.92 Å². The number of amides is 1. The molecule has 2 atom stereocenters. The van der Waals surface area contributed by atoms with Gasteiger partial charge in [-0.15, -0.1) is 0 Å². The number of carbonyl (C=O) groups excluding carboxylic acids is 1. The first-order chi connectivity index (χ1) is 9.10. The highest BCUT2D eigenvalue weighted by molar-refractivity contribution is 6.31. The van der Waals surface area contributed by atoms with Gasteiger partial charge in [-0.25, -0.2) is 0 Å². The molecule has 1 aromatic carbocycles. The summed E-state index contributed by atoms with van der Waals surface area (Å²) in [4.78, 5) is 12.2. The molecule has 1 fully saturated rings. The van der Waals surface area contributed by atoms with Gasteiger partial charge in [-0.1, -0.05) is 11.6 Å². The molecule has 1 amide bonds. The Bertz CT molecular complexity index is 465. The van der Waals surface area contributed by atoms with E-state index in [0.29, 0.717) is 23.1 Å². The maximum absolute atomic E-state index is 12.2. The Morgan fingerprint density at radius 2 is 2.32 bits per heavy atom. The normalized spacial score (nSPS) is 22.3. The zero-order valence-corrected chi connectivity index (χ0v) is 11.7. The molecule has 0 spiro atoms. The molecular formula is C14H19ClN2O2. The fourth-order valence-electron chi connectivity index (χ4n) is 2.37. The monoisotopic (exact) mass is 282 g/mol. The van der Waals surface area contributed by atoms with E-state index in [9.17, 15) is 4.79 Å². The Labute approximate surface area is 118 Å². The number of benzene rings is 1. The van der Waals surface area contributed by atoms with Crippen molar-refractivity contribution in [1.29, 1.82) is 0 Å². The number of hydrogen-bond acceptors (Lipinski definition) is 3. The van der Waals surface area contributed by atoms with E-state index in [2.05, 4.69) is 5.32 Å². The van der Waals surface area contributed by atoms with Crippen molar-refractivity contribution in [3.05, 3.63) is 23.2 Å². The summed E-state index contributed by atoms with van der Waals surface area (Å²) in [5, 5.41) is 3.47. The lowest BCUT2D eigenvalue weighted by molar-refractivity contribution is -0.119. The van der Waals surface area contributed by atoms with Crippen LogP contribution in [0.15, 0.2) is 18.2 Å². The van der Waals surface area contributed by atoms with Crippen molar-refractivity contribution >= 4 is 23.2 Å². The summed E-state index contributed by atoms with van der Waals surface area (Å²) in [5.41, 5.74) is 6.46. The zero-order chi connectivity index (χ0) is 13.8. The van der Waals surface area contributed by atoms with Crippen molar-refractivity contribution < 1.29 is 9.53 Å². The number of halogens is 1. The van der Waals surface area contributed by atoms with Crippen LogP contribution in [0.3, 0.4) is 0 Å². The van der Waals surface area contributed by atoms with Gasteiger partial charge in [0, 0.05) is 17.0 Å². The third-order valence-corrected chi connectivity index (χ3v) is 3.58. The molecule has 104 valence electrons. The highest BCUT2D eigenvalue weighted by Gasteiger charge is 2.28. The summed E-state index contributed by atoms with van der Waals surface area (Å²) >= 11 is 5.96. The van der Waals surface area contributed by atoms with Crippen LogP contribution >= 0.6 is 11.6 Å². The van der Waals surface area contributed by atoms with Crippen LogP contribution in [0.25, 0.3) is 0 Å². The van der Waals surface area contributed by atoms with Gasteiger partial charge in [0.05, 0.1) is 12.3 Å². The standard InChI is InChI=1S/C14H19ClN2O2/c1-2-19-13-6-4-10(15)8-12(13)17-14(18)9-3-5-11(16)7-9/h4,6,8-9,11H,2-3,5,7,16H2,1H3,(H,17,18). The molecule has 0 radical (unpaired) electrons. The molecule has 2 rings (SSSR count). The molecule has 1 aromatic rings. The number of nitrogens with one attached hydrogen (secondary N) is 1. The highest BCUT2D eigenvalue weighted by atomic mass is 35.5. The third kappa shape index (κ3) is 3.61. The van der Waals surface area contributed by atoms with Crippen LogP contribution in [0.2, 0.25) is 5.02 Å². The molecule has 0 saturated heterocycles. The second-order valence-corrected chi connectivity index (χ2v) is 5.27. The van der Waals surface area contributed by atoms with E-state index in [-0.39, 0.29) is 17.9 Å². The van der Waals surface area contributed by atoms with Crippen molar-refractivity contribution in [3.63, 3.8) is 0 Å². The number of rotatable bonds is 4. The van der Waals surface area contributed by atoms with Gasteiger partial charge in [-0.2, -0.15) is 0 Å². The van der Waals surface area contributed by atoms with Crippen LogP contribution in [0.1, 0.15) is 26.2 Å². The predicted molar refractivity (Wildman–Crippen MR) is 76.6 cm³/mol. The molecule has 19 heavy (non-hydrogen) atoms. The summed E-state index contributed by atoms with van der Waals surface area (Å²) < 4.78 is 5.48. The molecule has 0 heterocycles. The van der Waals surface area contributed by atoms with Crippen LogP contribution in [0, 0.1) is 5.92 Å². The van der Waals surface area contributed by atoms with Crippen molar-refractivity contribution in [2.24, 2.45) is 11.7 Å². The van der Waals surface area contributed by atoms with Crippen LogP contribution < -0.4 is 15.8 Å². The molecule has 0 bridgehead atoms. The first-order valence-electron chi connectivity index (χ1n) is 6.59. The van der Waals surface area contributed by atoms with Crippen molar-refractivity contribution in [2.45, 2.75) is 32.2 Å². The van der Waals surface area contributed by atoms with Gasteiger partial charge in [0.2, 0.25) is 5.91 Å². The van der Waals surface area contributed by atoms with Crippen LogP contribution in [-0.2, 0) is 4.79 Å². The number of ether oxygens (including phenoxy) is 1. The van der Waals surface area contributed by atoms with E-state index in [1.165, 1.54) is 0 Å². The van der Waals surface area contributed by atoms with Gasteiger partial charge in [-0.3, -0.25) is 4.79 Å². The summed E-state index contributed by atoms with van der Waals surface area (Å²) in [6, 6.07) is 5.36. The predicted octanol–water partition coefficient (Wildman–Crippen LogP) is 2.80. The average Bonchev–Trinajstić information content (AvgIpc) is 2.80. The molecule has 3 N–H and O–H groups in total. The van der Waals surface area contributed by atoms with E-state index >= 15 is 0 Å². The number of nitrogens with two attached hydrogens (primary N) is 1. The summed E-state index contributed by atoms with van der Waals surface area (Å²) in [6.45, 7) is 2.44. The van der Waals surface area contributed by atoms with Crippen molar-refractivity contribution in [3.8, 4) is 5.75 Å². The second-order valence-electron chi connectivity index (χ2n) is 4.83. The Morgan fingerprint density at radius 3 is 2.95 bits per heavy atom. The number of hydrogen-bond donors (Lipinski definition) is 2. The van der Waals surface area contributed by atoms with Gasteiger partial charge in [-0.05, 0) is 44.4 Å². The Morgan fingerprint density at radius 1 is 1.53 bits per heavy atom. The first-order valence-corrected chi connectivity index (χ1v) is 6.96. The maximum atomic E-state index is 12.2. The lowest BCUT2D eigenvalue weighted by Gasteiger charge is -2.14. The summed E-state index contributed by atoms with van der Waals surface area (Å²) in [5.74, 6) is 0.627. The SMILES string of the molecule is CCOc1ccc(Cl)cc1NC(=O)C1CCC(N)C1. The minimum atomic E-state index is -0.0107. The van der Waals surface area contributed by atoms with Gasteiger partial charge < -0.3 is 15.8 Å². The summed E-state index contributed by atoms with van der Waals surface area (Å²) in [7, 11) is 0. The fraction of sp³-hybridized carbons (Fsp3) is 0.500. The minimum absolute atomic E-state index is 0.00355. The molecule has 4 nitrogen and oxygen atoms in total. The van der Waals surface area contributed by atoms with E-state index in [1.54, 1.807) is 18.2 Å². The van der Waals surface area contributed by atoms with Gasteiger partial charge >= 0.3 is 0 Å². The molecule has 1 saturated carbocycles. The topological polar surface area (TPSA) is 64.3 Å².